The number of aromatic nitrogens is 3. The summed E-state index contributed by atoms with van der Waals surface area (Å²) in [5, 5.41) is 1.96. The molecule has 0 saturated carbocycles. The second-order valence-corrected chi connectivity index (χ2v) is 4.37. The number of H-pyrrole nitrogens is 2. The number of nitrogens with zero attached hydrogens (tertiary/aromatic N) is 1. The van der Waals surface area contributed by atoms with Crippen LogP contribution in [-0.4, -0.2) is 15.0 Å². The van der Waals surface area contributed by atoms with Gasteiger partial charge in [0.2, 0.25) is 0 Å². The minimum Gasteiger partial charge on any atom is -0.346 e. The molecule has 78 valence electrons. The molecule has 0 unspecified atom stereocenters. The first kappa shape index (κ1) is 9.62. The van der Waals surface area contributed by atoms with E-state index in [2.05, 4.69) is 15.0 Å². The van der Waals surface area contributed by atoms with Gasteiger partial charge in [-0.3, -0.25) is 0 Å². The van der Waals surface area contributed by atoms with Gasteiger partial charge in [-0.1, -0.05) is 24.4 Å². The molecule has 3 nitrogen and oxygen atoms in total. The topological polar surface area (TPSA) is 44.5 Å². The number of rotatable bonds is 0. The first-order chi connectivity index (χ1) is 7.74. The Morgan fingerprint density at radius 1 is 1.06 bits per heavy atom. The number of hydrogen-bond acceptors (Lipinski definition) is 3. The Morgan fingerprint density at radius 3 is 2.81 bits per heavy atom. The van der Waals surface area contributed by atoms with E-state index in [1.54, 1.807) is 6.20 Å². The molecule has 0 aliphatic carbocycles. The monoisotopic (exact) mass is 245 g/mol. The molecule has 0 fully saturated rings. The molecule has 2 N–H and O–H groups in total. The average Bonchev–Trinajstić information content (AvgIpc) is 2.27. The molecule has 5 heteroatoms. The van der Waals surface area contributed by atoms with E-state index in [4.69, 9.17) is 24.4 Å². The molecule has 0 aliphatic rings. The lowest BCUT2D eigenvalue weighted by atomic mass is 10.2. The zero-order chi connectivity index (χ0) is 11.1. The third-order valence-corrected chi connectivity index (χ3v) is 3.02. The molecule has 0 atom stereocenters. The van der Waals surface area contributed by atoms with Crippen LogP contribution in [0.3, 0.4) is 0 Å². The van der Waals surface area contributed by atoms with Crippen molar-refractivity contribution in [2.75, 3.05) is 0 Å². The van der Waals surface area contributed by atoms with Crippen molar-refractivity contribution in [3.05, 3.63) is 39.6 Å². The molecule has 0 spiro atoms. The summed E-state index contributed by atoms with van der Waals surface area (Å²) in [6.07, 6.45) is 1.79. The number of pyridine rings is 3. The molecule has 3 aromatic heterocycles. The van der Waals surface area contributed by atoms with Gasteiger partial charge in [0.15, 0.2) is 0 Å². The molecule has 0 aromatic carbocycles. The third kappa shape index (κ3) is 1.45. The highest BCUT2D eigenvalue weighted by Crippen LogP contribution is 2.17. The maximum Gasteiger partial charge on any atom is 0.141 e. The highest BCUT2D eigenvalue weighted by atomic mass is 32.1. The highest BCUT2D eigenvalue weighted by Gasteiger charge is 2.00. The van der Waals surface area contributed by atoms with Gasteiger partial charge in [0.1, 0.15) is 15.9 Å². The lowest BCUT2D eigenvalue weighted by molar-refractivity contribution is 1.26. The molecule has 0 aliphatic heterocycles. The van der Waals surface area contributed by atoms with Crippen LogP contribution in [0.2, 0.25) is 0 Å². The van der Waals surface area contributed by atoms with Crippen molar-refractivity contribution >= 4 is 46.5 Å². The lowest BCUT2D eigenvalue weighted by Crippen LogP contribution is -1.88. The zero-order valence-electron chi connectivity index (χ0n) is 8.15. The summed E-state index contributed by atoms with van der Waals surface area (Å²) in [6.45, 7) is 0. The van der Waals surface area contributed by atoms with Gasteiger partial charge in [-0.05, 0) is 24.3 Å². The molecule has 0 bridgehead atoms. The molecule has 3 rings (SSSR count). The number of nitrogens with one attached hydrogen (secondary N) is 2. The predicted octanol–water partition coefficient (Wildman–Crippen LogP) is 3.50. The maximum atomic E-state index is 5.25. The van der Waals surface area contributed by atoms with Crippen LogP contribution in [0.4, 0.5) is 0 Å². The van der Waals surface area contributed by atoms with E-state index in [1.807, 2.05) is 24.3 Å². The summed E-state index contributed by atoms with van der Waals surface area (Å²) < 4.78 is 1.47. The van der Waals surface area contributed by atoms with Crippen molar-refractivity contribution in [2.45, 2.75) is 0 Å². The van der Waals surface area contributed by atoms with E-state index in [1.165, 1.54) is 0 Å². The van der Waals surface area contributed by atoms with Crippen molar-refractivity contribution in [3.8, 4) is 0 Å². The Kier molecular flexibility index (Phi) is 2.08. The second-order valence-electron chi connectivity index (χ2n) is 3.49. The molecule has 16 heavy (non-hydrogen) atoms. The maximum absolute atomic E-state index is 5.25. The van der Waals surface area contributed by atoms with Crippen LogP contribution in [0.25, 0.3) is 22.1 Å². The quantitative estimate of drug-likeness (QED) is 0.470. The molecule has 3 aromatic rings. The van der Waals surface area contributed by atoms with E-state index in [0.29, 0.717) is 4.64 Å². The van der Waals surface area contributed by atoms with E-state index in [-0.39, 0.29) is 0 Å². The number of fused-ring (bicyclic) bond motifs is 2. The number of aromatic amines is 2. The fourth-order valence-electron chi connectivity index (χ4n) is 1.66. The Hall–Kier alpha value is -1.59. The lowest BCUT2D eigenvalue weighted by Gasteiger charge is -2.01. The first-order valence-electron chi connectivity index (χ1n) is 4.75. The van der Waals surface area contributed by atoms with Crippen LogP contribution < -0.4 is 0 Å². The minimum absolute atomic E-state index is 0.675. The van der Waals surface area contributed by atoms with Crippen molar-refractivity contribution < 1.29 is 0 Å². The molecular formula is C11H7N3S2. The summed E-state index contributed by atoms with van der Waals surface area (Å²) in [6, 6.07) is 7.67. The van der Waals surface area contributed by atoms with Crippen LogP contribution in [0.15, 0.2) is 30.5 Å². The van der Waals surface area contributed by atoms with Gasteiger partial charge >= 0.3 is 0 Å². The smallest absolute Gasteiger partial charge is 0.141 e. The predicted molar refractivity (Wildman–Crippen MR) is 69.6 cm³/mol. The van der Waals surface area contributed by atoms with Gasteiger partial charge in [-0.2, -0.15) is 0 Å². The van der Waals surface area contributed by atoms with Crippen molar-refractivity contribution in [3.63, 3.8) is 0 Å². The van der Waals surface area contributed by atoms with Gasteiger partial charge in [-0.25, -0.2) is 4.98 Å². The van der Waals surface area contributed by atoms with E-state index in [9.17, 15) is 0 Å². The van der Waals surface area contributed by atoms with Crippen LogP contribution in [0.1, 0.15) is 0 Å². The summed E-state index contributed by atoms with van der Waals surface area (Å²) in [5.41, 5.74) is 1.55. The largest absolute Gasteiger partial charge is 0.346 e. The first-order valence-corrected chi connectivity index (χ1v) is 5.57. The summed E-state index contributed by atoms with van der Waals surface area (Å²) in [7, 11) is 0. The van der Waals surface area contributed by atoms with Crippen molar-refractivity contribution in [1.82, 2.24) is 15.0 Å². The van der Waals surface area contributed by atoms with E-state index in [0.717, 1.165) is 26.6 Å². The van der Waals surface area contributed by atoms with Crippen LogP contribution in [0.5, 0.6) is 0 Å². The zero-order valence-corrected chi connectivity index (χ0v) is 9.78. The van der Waals surface area contributed by atoms with E-state index < -0.39 is 0 Å². The van der Waals surface area contributed by atoms with Gasteiger partial charge in [0.25, 0.3) is 0 Å². The minimum atomic E-state index is 0.675. The fraction of sp³-hybridized carbons (Fsp3) is 0. The van der Waals surface area contributed by atoms with Crippen LogP contribution >= 0.6 is 24.4 Å². The van der Waals surface area contributed by atoms with Gasteiger partial charge in [0.05, 0.1) is 4.51 Å². The van der Waals surface area contributed by atoms with E-state index >= 15 is 0 Å². The van der Waals surface area contributed by atoms with Crippen molar-refractivity contribution in [1.29, 1.82) is 0 Å². The molecule has 0 amide bonds. The summed E-state index contributed by atoms with van der Waals surface area (Å²) >= 11 is 10.3. The summed E-state index contributed by atoms with van der Waals surface area (Å²) in [4.78, 5) is 10.6. The standard InChI is InChI=1S/C11H7N3S2/c15-8-3-4-12-11-7(8)5-6-1-2-9(16)13-10(6)14-11/h1-5H,(H2,12,13,14,15,16). The second kappa shape index (κ2) is 3.47. The molecular weight excluding hydrogens is 238 g/mol. The van der Waals surface area contributed by atoms with Crippen LogP contribution in [0, 0.1) is 9.15 Å². The van der Waals surface area contributed by atoms with Gasteiger partial charge in [-0.15, -0.1) is 0 Å². The van der Waals surface area contributed by atoms with Gasteiger partial charge < -0.3 is 9.97 Å². The average molecular weight is 245 g/mol. The molecule has 0 saturated heterocycles. The van der Waals surface area contributed by atoms with Crippen LogP contribution in [-0.2, 0) is 0 Å². The number of hydrogen-bond donors (Lipinski definition) is 2. The third-order valence-electron chi connectivity index (χ3n) is 2.43. The molecule has 3 heterocycles. The Bertz CT molecular complexity index is 801. The van der Waals surface area contributed by atoms with Crippen molar-refractivity contribution in [2.24, 2.45) is 0 Å². The Balaban J connectivity index is 2.59. The summed E-state index contributed by atoms with van der Waals surface area (Å²) in [5.74, 6) is 0. The molecule has 0 radical (unpaired) electrons. The van der Waals surface area contributed by atoms with Gasteiger partial charge in [0, 0.05) is 17.0 Å². The highest BCUT2D eigenvalue weighted by molar-refractivity contribution is 7.71. The SMILES string of the molecule is S=c1ccc2cc3c(=S)cc[nH]c3nc2[nH]1. The Labute approximate surface area is 101 Å². The fourth-order valence-corrected chi connectivity index (χ4v) is 2.05. The Morgan fingerprint density at radius 2 is 1.94 bits per heavy atom. The normalized spacial score (nSPS) is 11.0.